The van der Waals surface area contributed by atoms with E-state index < -0.39 is 6.67 Å². The lowest BCUT2D eigenvalue weighted by molar-refractivity contribution is -0.120. The van der Waals surface area contributed by atoms with Crippen molar-refractivity contribution in [2.75, 3.05) is 11.5 Å². The summed E-state index contributed by atoms with van der Waals surface area (Å²) in [6.45, 7) is -0.597. The molecule has 160 valence electrons. The van der Waals surface area contributed by atoms with Gasteiger partial charge in [-0.2, -0.15) is 0 Å². The van der Waals surface area contributed by atoms with E-state index in [9.17, 15) is 14.3 Å². The number of anilines is 1. The predicted octanol–water partition coefficient (Wildman–Crippen LogP) is 6.08. The van der Waals surface area contributed by atoms with E-state index in [-0.39, 0.29) is 24.5 Å². The van der Waals surface area contributed by atoms with Crippen molar-refractivity contribution < 1.29 is 19.0 Å². The van der Waals surface area contributed by atoms with Crippen molar-refractivity contribution in [3.8, 4) is 11.5 Å². The van der Waals surface area contributed by atoms with Crippen molar-refractivity contribution in [1.29, 1.82) is 0 Å². The highest BCUT2D eigenvalue weighted by Gasteiger charge is 2.40. The topological polar surface area (TPSA) is 49.8 Å². The number of amides is 1. The normalized spacial score (nSPS) is 18.4. The zero-order valence-corrected chi connectivity index (χ0v) is 17.6. The molecule has 0 radical (unpaired) electrons. The van der Waals surface area contributed by atoms with Crippen LogP contribution in [0, 0.1) is 5.92 Å². The van der Waals surface area contributed by atoms with Crippen LogP contribution in [0.1, 0.15) is 30.0 Å². The van der Waals surface area contributed by atoms with Crippen molar-refractivity contribution in [2.24, 2.45) is 5.92 Å². The second-order valence-electron chi connectivity index (χ2n) is 7.60. The van der Waals surface area contributed by atoms with E-state index >= 15 is 0 Å². The first-order valence-corrected chi connectivity index (χ1v) is 10.6. The quantitative estimate of drug-likeness (QED) is 0.485. The standard InChI is InChI=1S/C25H23ClFNO3/c26-20-4-8-22(9-5-20)31-23-10-6-21(7-11-23)28-24(15-19(12-13-29)25(28)30)18-3-1-2-17(14-18)16-27/h1-11,14,19,24,29H,12-13,15-16H2/t19-,24-/m1/s1. The molecule has 0 aromatic heterocycles. The van der Waals surface area contributed by atoms with E-state index in [1.165, 1.54) is 0 Å². The molecule has 6 heteroatoms. The van der Waals surface area contributed by atoms with Gasteiger partial charge >= 0.3 is 0 Å². The Morgan fingerprint density at radius 3 is 2.35 bits per heavy atom. The summed E-state index contributed by atoms with van der Waals surface area (Å²) in [4.78, 5) is 14.9. The van der Waals surface area contributed by atoms with Crippen LogP contribution in [-0.4, -0.2) is 17.6 Å². The van der Waals surface area contributed by atoms with Gasteiger partial charge in [0.25, 0.3) is 0 Å². The van der Waals surface area contributed by atoms with Crippen LogP contribution >= 0.6 is 11.6 Å². The monoisotopic (exact) mass is 439 g/mol. The van der Waals surface area contributed by atoms with Crippen LogP contribution < -0.4 is 9.64 Å². The van der Waals surface area contributed by atoms with E-state index in [4.69, 9.17) is 16.3 Å². The first kappa shape index (κ1) is 21.3. The highest BCUT2D eigenvalue weighted by atomic mass is 35.5. The summed E-state index contributed by atoms with van der Waals surface area (Å²) < 4.78 is 19.0. The highest BCUT2D eigenvalue weighted by Crippen LogP contribution is 2.42. The zero-order valence-electron chi connectivity index (χ0n) is 16.9. The molecule has 1 amide bonds. The van der Waals surface area contributed by atoms with Gasteiger partial charge in [-0.05, 0) is 72.5 Å². The molecule has 3 aromatic rings. The van der Waals surface area contributed by atoms with Gasteiger partial charge in [-0.1, -0.05) is 35.9 Å². The number of carbonyl (C=O) groups excluding carboxylic acids is 1. The third-order valence-electron chi connectivity index (χ3n) is 5.54. The van der Waals surface area contributed by atoms with Gasteiger partial charge in [-0.3, -0.25) is 4.79 Å². The minimum absolute atomic E-state index is 0.0314. The fourth-order valence-corrected chi connectivity index (χ4v) is 4.14. The van der Waals surface area contributed by atoms with Crippen LogP contribution in [0.15, 0.2) is 72.8 Å². The van der Waals surface area contributed by atoms with Crippen LogP contribution in [0.2, 0.25) is 5.02 Å². The van der Waals surface area contributed by atoms with Gasteiger partial charge in [0.05, 0.1) is 6.04 Å². The molecule has 1 aliphatic rings. The molecule has 4 rings (SSSR count). The Labute approximate surface area is 185 Å². The van der Waals surface area contributed by atoms with Gasteiger partial charge in [0.15, 0.2) is 0 Å². The average molecular weight is 440 g/mol. The Morgan fingerprint density at radius 2 is 1.71 bits per heavy atom. The summed E-state index contributed by atoms with van der Waals surface area (Å²) in [5, 5.41) is 10.0. The van der Waals surface area contributed by atoms with E-state index in [0.29, 0.717) is 34.9 Å². The number of nitrogens with zero attached hydrogens (tertiary/aromatic N) is 1. The molecule has 1 fully saturated rings. The first-order chi connectivity index (χ1) is 15.1. The molecule has 0 bridgehead atoms. The molecule has 0 saturated carbocycles. The van der Waals surface area contributed by atoms with Crippen molar-refractivity contribution in [2.45, 2.75) is 25.6 Å². The number of ether oxygens (including phenoxy) is 1. The Morgan fingerprint density at radius 1 is 1.03 bits per heavy atom. The minimum Gasteiger partial charge on any atom is -0.457 e. The number of aliphatic hydroxyl groups excluding tert-OH is 1. The average Bonchev–Trinajstić information content (AvgIpc) is 3.12. The van der Waals surface area contributed by atoms with Crippen LogP contribution in [0.25, 0.3) is 0 Å². The maximum atomic E-state index is 13.2. The fourth-order valence-electron chi connectivity index (χ4n) is 4.01. The number of hydrogen-bond acceptors (Lipinski definition) is 3. The summed E-state index contributed by atoms with van der Waals surface area (Å²) in [6.07, 6.45) is 0.991. The molecule has 0 aliphatic carbocycles. The summed E-state index contributed by atoms with van der Waals surface area (Å²) in [6, 6.07) is 21.5. The number of alkyl halides is 1. The second-order valence-corrected chi connectivity index (χ2v) is 8.03. The SMILES string of the molecule is O=C1[C@H](CCO)C[C@H](c2cccc(CF)c2)N1c1ccc(Oc2ccc(Cl)cc2)cc1. The number of benzene rings is 3. The molecule has 1 heterocycles. The van der Waals surface area contributed by atoms with Crippen molar-refractivity contribution in [1.82, 2.24) is 0 Å². The summed E-state index contributed by atoms with van der Waals surface area (Å²) >= 11 is 5.91. The lowest BCUT2D eigenvalue weighted by atomic mass is 9.96. The molecule has 0 spiro atoms. The molecule has 0 unspecified atom stereocenters. The van der Waals surface area contributed by atoms with Crippen LogP contribution in [-0.2, 0) is 11.5 Å². The summed E-state index contributed by atoms with van der Waals surface area (Å²) in [5.74, 6) is 1.00. The molecule has 31 heavy (non-hydrogen) atoms. The predicted molar refractivity (Wildman–Crippen MR) is 119 cm³/mol. The largest absolute Gasteiger partial charge is 0.457 e. The Balaban J connectivity index is 1.60. The smallest absolute Gasteiger partial charge is 0.230 e. The minimum atomic E-state index is -0.550. The summed E-state index contributed by atoms with van der Waals surface area (Å²) in [7, 11) is 0. The molecule has 2 atom stereocenters. The van der Waals surface area contributed by atoms with Crippen LogP contribution in [0.5, 0.6) is 11.5 Å². The Kier molecular flexibility index (Phi) is 6.54. The maximum Gasteiger partial charge on any atom is 0.230 e. The van der Waals surface area contributed by atoms with Crippen LogP contribution in [0.4, 0.5) is 10.1 Å². The van der Waals surface area contributed by atoms with E-state index in [1.807, 2.05) is 42.5 Å². The molecular formula is C25H23ClFNO3. The van der Waals surface area contributed by atoms with Crippen LogP contribution in [0.3, 0.4) is 0 Å². The van der Waals surface area contributed by atoms with Gasteiger partial charge in [0, 0.05) is 23.2 Å². The third kappa shape index (κ3) is 4.73. The molecule has 3 aromatic carbocycles. The first-order valence-electron chi connectivity index (χ1n) is 10.2. The molecule has 1 aliphatic heterocycles. The maximum absolute atomic E-state index is 13.2. The molecular weight excluding hydrogens is 417 g/mol. The van der Waals surface area contributed by atoms with Crippen molar-refractivity contribution >= 4 is 23.2 Å². The fraction of sp³-hybridized carbons (Fsp3) is 0.240. The van der Waals surface area contributed by atoms with Gasteiger partial charge in [0.1, 0.15) is 18.2 Å². The number of aliphatic hydroxyl groups is 1. The number of hydrogen-bond donors (Lipinski definition) is 1. The Hall–Kier alpha value is -2.89. The number of carbonyl (C=O) groups is 1. The molecule has 1 N–H and O–H groups in total. The number of rotatable bonds is 7. The van der Waals surface area contributed by atoms with Crippen molar-refractivity contribution in [3.63, 3.8) is 0 Å². The van der Waals surface area contributed by atoms with E-state index in [2.05, 4.69) is 0 Å². The van der Waals surface area contributed by atoms with E-state index in [0.717, 1.165) is 11.3 Å². The lowest BCUT2D eigenvalue weighted by Crippen LogP contribution is -2.29. The molecule has 1 saturated heterocycles. The highest BCUT2D eigenvalue weighted by molar-refractivity contribution is 6.30. The van der Waals surface area contributed by atoms with Crippen molar-refractivity contribution in [3.05, 3.63) is 88.9 Å². The lowest BCUT2D eigenvalue weighted by Gasteiger charge is -2.26. The second kappa shape index (κ2) is 9.50. The Bertz CT molecular complexity index is 1040. The summed E-state index contributed by atoms with van der Waals surface area (Å²) in [5.41, 5.74) is 2.22. The van der Waals surface area contributed by atoms with Gasteiger partial charge in [-0.25, -0.2) is 4.39 Å². The van der Waals surface area contributed by atoms with Gasteiger partial charge in [0.2, 0.25) is 5.91 Å². The molecule has 4 nitrogen and oxygen atoms in total. The third-order valence-corrected chi connectivity index (χ3v) is 5.79. The van der Waals surface area contributed by atoms with Gasteiger partial charge < -0.3 is 14.7 Å². The van der Waals surface area contributed by atoms with E-state index in [1.54, 1.807) is 35.2 Å². The number of halogens is 2. The zero-order chi connectivity index (χ0) is 21.8. The van der Waals surface area contributed by atoms with Gasteiger partial charge in [-0.15, -0.1) is 0 Å².